The number of fused-ring (bicyclic) bond motifs is 1. The van der Waals surface area contributed by atoms with Crippen LogP contribution >= 0.6 is 0 Å². The normalized spacial score (nSPS) is 24.1. The Balaban J connectivity index is 1.60. The Morgan fingerprint density at radius 2 is 2.03 bits per heavy atom. The summed E-state index contributed by atoms with van der Waals surface area (Å²) in [5, 5.41) is 42.3. The van der Waals surface area contributed by atoms with Crippen LogP contribution in [0.5, 0.6) is 11.5 Å². The molecule has 0 aliphatic carbocycles. The van der Waals surface area contributed by atoms with Crippen LogP contribution in [0.3, 0.4) is 0 Å². The molecule has 1 saturated heterocycles. The van der Waals surface area contributed by atoms with Gasteiger partial charge in [-0.25, -0.2) is 15.0 Å². The zero-order valence-corrected chi connectivity index (χ0v) is 15.5. The van der Waals surface area contributed by atoms with Gasteiger partial charge in [0, 0.05) is 18.2 Å². The SMILES string of the molecule is COc1cc(O)ccc1CNc1ncnc2c1ncn2C1O[C@H](CO)[C@@H](O)[C@H]1O. The lowest BCUT2D eigenvalue weighted by Gasteiger charge is -2.16. The number of hydrogen-bond acceptors (Lipinski definition) is 10. The highest BCUT2D eigenvalue weighted by Crippen LogP contribution is 2.32. The molecule has 0 bridgehead atoms. The summed E-state index contributed by atoms with van der Waals surface area (Å²) < 4.78 is 12.3. The number of ether oxygens (including phenoxy) is 2. The number of imidazole rings is 1. The van der Waals surface area contributed by atoms with Crippen LogP contribution in [0.25, 0.3) is 11.2 Å². The largest absolute Gasteiger partial charge is 0.508 e. The third kappa shape index (κ3) is 3.44. The third-order valence-corrected chi connectivity index (χ3v) is 4.87. The van der Waals surface area contributed by atoms with Gasteiger partial charge in [-0.1, -0.05) is 0 Å². The Bertz CT molecular complexity index is 1010. The standard InChI is InChI=1S/C18H21N5O6/c1-28-11-4-10(25)3-2-9(11)5-19-16-13-17(21-7-20-16)23(8-22-13)18-15(27)14(26)12(6-24)29-18/h2-4,7-8,12,14-15,18,24-27H,5-6H2,1H3,(H,19,20,21)/t12-,14-,15-,18?/m1/s1. The van der Waals surface area contributed by atoms with Crippen LogP contribution < -0.4 is 10.1 Å². The monoisotopic (exact) mass is 403 g/mol. The average Bonchev–Trinajstić information content (AvgIpc) is 3.28. The number of rotatable bonds is 6. The minimum absolute atomic E-state index is 0.104. The molecule has 154 valence electrons. The quantitative estimate of drug-likeness (QED) is 0.372. The van der Waals surface area contributed by atoms with Crippen LogP contribution in [-0.2, 0) is 11.3 Å². The molecule has 4 atom stereocenters. The van der Waals surface area contributed by atoms with Gasteiger partial charge in [-0.15, -0.1) is 0 Å². The first kappa shape index (κ1) is 19.3. The number of nitrogens with one attached hydrogen (secondary N) is 1. The molecule has 3 aromatic rings. The lowest BCUT2D eigenvalue weighted by atomic mass is 10.1. The maximum atomic E-state index is 10.3. The molecule has 2 aromatic heterocycles. The fraction of sp³-hybridized carbons (Fsp3) is 0.389. The van der Waals surface area contributed by atoms with Gasteiger partial charge < -0.3 is 35.2 Å². The maximum Gasteiger partial charge on any atom is 0.167 e. The van der Waals surface area contributed by atoms with Crippen molar-refractivity contribution in [1.29, 1.82) is 0 Å². The maximum absolute atomic E-state index is 10.3. The molecule has 29 heavy (non-hydrogen) atoms. The highest BCUT2D eigenvalue weighted by Gasteiger charge is 2.44. The Kier molecular flexibility index (Phi) is 5.20. The first-order valence-electron chi connectivity index (χ1n) is 8.93. The number of nitrogens with zero attached hydrogens (tertiary/aromatic N) is 4. The lowest BCUT2D eigenvalue weighted by Crippen LogP contribution is -2.33. The van der Waals surface area contributed by atoms with E-state index in [0.717, 1.165) is 5.56 Å². The Hall–Kier alpha value is -2.99. The van der Waals surface area contributed by atoms with Crippen LogP contribution in [0.4, 0.5) is 5.82 Å². The summed E-state index contributed by atoms with van der Waals surface area (Å²) in [4.78, 5) is 12.7. The van der Waals surface area contributed by atoms with E-state index < -0.39 is 31.1 Å². The Morgan fingerprint density at radius 1 is 1.21 bits per heavy atom. The van der Waals surface area contributed by atoms with E-state index in [9.17, 15) is 20.4 Å². The van der Waals surface area contributed by atoms with Crippen molar-refractivity contribution in [2.24, 2.45) is 0 Å². The summed E-state index contributed by atoms with van der Waals surface area (Å²) in [6.07, 6.45) is -1.51. The van der Waals surface area contributed by atoms with Crippen molar-refractivity contribution < 1.29 is 29.9 Å². The van der Waals surface area contributed by atoms with E-state index in [1.165, 1.54) is 30.4 Å². The molecule has 11 nitrogen and oxygen atoms in total. The van der Waals surface area contributed by atoms with Gasteiger partial charge in [0.15, 0.2) is 23.2 Å². The fourth-order valence-electron chi connectivity index (χ4n) is 3.34. The van der Waals surface area contributed by atoms with Crippen molar-refractivity contribution in [3.63, 3.8) is 0 Å². The number of phenols is 1. The fourth-order valence-corrected chi connectivity index (χ4v) is 3.34. The van der Waals surface area contributed by atoms with Gasteiger partial charge in [0.2, 0.25) is 0 Å². The number of anilines is 1. The number of aliphatic hydroxyl groups is 3. The van der Waals surface area contributed by atoms with Gasteiger partial charge in [-0.05, 0) is 12.1 Å². The van der Waals surface area contributed by atoms with E-state index in [-0.39, 0.29) is 5.75 Å². The van der Waals surface area contributed by atoms with Crippen molar-refractivity contribution in [2.45, 2.75) is 31.1 Å². The van der Waals surface area contributed by atoms with Gasteiger partial charge >= 0.3 is 0 Å². The van der Waals surface area contributed by atoms with Crippen LogP contribution in [0, 0.1) is 0 Å². The number of aromatic nitrogens is 4. The van der Waals surface area contributed by atoms with E-state index >= 15 is 0 Å². The second-order valence-corrected chi connectivity index (χ2v) is 6.62. The van der Waals surface area contributed by atoms with Crippen LogP contribution in [0.1, 0.15) is 11.8 Å². The van der Waals surface area contributed by atoms with Crippen LogP contribution in [0.2, 0.25) is 0 Å². The molecule has 0 spiro atoms. The molecule has 4 rings (SSSR count). The topological polar surface area (TPSA) is 155 Å². The molecule has 3 heterocycles. The van der Waals surface area contributed by atoms with Gasteiger partial charge in [0.1, 0.15) is 36.1 Å². The second kappa shape index (κ2) is 7.79. The molecule has 1 unspecified atom stereocenters. The predicted octanol–water partition coefficient (Wildman–Crippen LogP) is -0.236. The van der Waals surface area contributed by atoms with Crippen molar-refractivity contribution in [2.75, 3.05) is 19.0 Å². The molecule has 1 aliphatic heterocycles. The lowest BCUT2D eigenvalue weighted by molar-refractivity contribution is -0.0511. The average molecular weight is 403 g/mol. The minimum Gasteiger partial charge on any atom is -0.508 e. The van der Waals surface area contributed by atoms with Crippen LogP contribution in [0.15, 0.2) is 30.9 Å². The molecule has 0 amide bonds. The number of aromatic hydroxyl groups is 1. The number of hydrogen-bond donors (Lipinski definition) is 5. The van der Waals surface area contributed by atoms with E-state index in [4.69, 9.17) is 9.47 Å². The number of phenolic OH excluding ortho intramolecular Hbond substituents is 1. The van der Waals surface area contributed by atoms with Crippen molar-refractivity contribution >= 4 is 17.0 Å². The van der Waals surface area contributed by atoms with Crippen molar-refractivity contribution in [3.8, 4) is 11.5 Å². The van der Waals surface area contributed by atoms with Gasteiger partial charge in [-0.2, -0.15) is 0 Å². The number of benzene rings is 1. The summed E-state index contributed by atoms with van der Waals surface area (Å²) in [5.41, 5.74) is 1.65. The zero-order chi connectivity index (χ0) is 20.5. The van der Waals surface area contributed by atoms with Gasteiger partial charge in [-0.3, -0.25) is 4.57 Å². The molecule has 1 fully saturated rings. The van der Waals surface area contributed by atoms with E-state index in [2.05, 4.69) is 20.3 Å². The smallest absolute Gasteiger partial charge is 0.167 e. The summed E-state index contributed by atoms with van der Waals surface area (Å²) in [6, 6.07) is 4.81. The minimum atomic E-state index is -1.24. The first-order valence-corrected chi connectivity index (χ1v) is 8.93. The summed E-state index contributed by atoms with van der Waals surface area (Å²) in [5.74, 6) is 1.09. The Labute approximate surface area is 165 Å². The molecule has 5 N–H and O–H groups in total. The van der Waals surface area contributed by atoms with Gasteiger partial charge in [0.25, 0.3) is 0 Å². The summed E-state index contributed by atoms with van der Waals surface area (Å²) in [7, 11) is 1.52. The number of aliphatic hydroxyl groups excluding tert-OH is 3. The molecule has 1 aliphatic rings. The van der Waals surface area contributed by atoms with E-state index in [1.807, 2.05) is 0 Å². The van der Waals surface area contributed by atoms with Gasteiger partial charge in [0.05, 0.1) is 20.0 Å². The van der Waals surface area contributed by atoms with Crippen molar-refractivity contribution in [1.82, 2.24) is 19.5 Å². The highest BCUT2D eigenvalue weighted by atomic mass is 16.6. The highest BCUT2D eigenvalue weighted by molar-refractivity contribution is 5.82. The van der Waals surface area contributed by atoms with E-state index in [1.54, 1.807) is 12.1 Å². The van der Waals surface area contributed by atoms with E-state index in [0.29, 0.717) is 29.3 Å². The second-order valence-electron chi connectivity index (χ2n) is 6.62. The molecule has 0 radical (unpaired) electrons. The number of methoxy groups -OCH3 is 1. The van der Waals surface area contributed by atoms with Crippen LogP contribution in [-0.4, -0.2) is 72.0 Å². The summed E-state index contributed by atoms with van der Waals surface area (Å²) in [6.45, 7) is -0.0616. The predicted molar refractivity (Wildman–Crippen MR) is 100 cm³/mol. The molecular weight excluding hydrogens is 382 g/mol. The summed E-state index contributed by atoms with van der Waals surface area (Å²) >= 11 is 0. The first-order chi connectivity index (χ1) is 14.0. The molecule has 1 aromatic carbocycles. The molecular formula is C18H21N5O6. The Morgan fingerprint density at radius 3 is 2.76 bits per heavy atom. The third-order valence-electron chi connectivity index (χ3n) is 4.87. The van der Waals surface area contributed by atoms with Crippen molar-refractivity contribution in [3.05, 3.63) is 36.4 Å². The zero-order valence-electron chi connectivity index (χ0n) is 15.5. The molecule has 0 saturated carbocycles. The molecule has 11 heteroatoms.